The van der Waals surface area contributed by atoms with E-state index in [1.807, 2.05) is 0 Å². The minimum absolute atomic E-state index is 0.00351. The van der Waals surface area contributed by atoms with Crippen LogP contribution in [0, 0.1) is 0 Å². The van der Waals surface area contributed by atoms with Gasteiger partial charge in [-0.2, -0.15) is 0 Å². The Bertz CT molecular complexity index is 1750. The first kappa shape index (κ1) is 35.2. The summed E-state index contributed by atoms with van der Waals surface area (Å²) in [5.74, 6) is -2.46. The van der Waals surface area contributed by atoms with Gasteiger partial charge in [-0.25, -0.2) is 0 Å². The zero-order valence-corrected chi connectivity index (χ0v) is 26.8. The summed E-state index contributed by atoms with van der Waals surface area (Å²) >= 11 is 0. The average Bonchev–Trinajstić information content (AvgIpc) is 3.92. The molecular formula is C32H36N8O10. The number of carbonyl (C=O) groups is 6. The highest BCUT2D eigenvalue weighted by atomic mass is 16.4. The molecule has 0 spiro atoms. The fourth-order valence-electron chi connectivity index (χ4n) is 4.78. The largest absolute Gasteiger partial charge is 0.454 e. The molecular weight excluding hydrogens is 656 g/mol. The van der Waals surface area contributed by atoms with Gasteiger partial charge in [-0.3, -0.25) is 28.8 Å². The molecule has 18 nitrogen and oxygen atoms in total. The van der Waals surface area contributed by atoms with Crippen molar-refractivity contribution < 1.29 is 46.4 Å². The molecule has 18 heteroatoms. The van der Waals surface area contributed by atoms with E-state index in [1.54, 1.807) is 0 Å². The van der Waals surface area contributed by atoms with Crippen LogP contribution in [0.2, 0.25) is 0 Å². The molecule has 0 aromatic carbocycles. The number of nitrogens with one attached hydrogen (secondary N) is 6. The van der Waals surface area contributed by atoms with Crippen molar-refractivity contribution >= 4 is 35.4 Å². The van der Waals surface area contributed by atoms with Crippen LogP contribution >= 0.6 is 0 Å². The zero-order valence-electron chi connectivity index (χ0n) is 26.8. The maximum atomic E-state index is 13.0. The Kier molecular flexibility index (Phi) is 11.5. The lowest BCUT2D eigenvalue weighted by Crippen LogP contribution is -2.26. The minimum Gasteiger partial charge on any atom is -0.454 e. The van der Waals surface area contributed by atoms with Gasteiger partial charge in [-0.15, -0.1) is 0 Å². The maximum absolute atomic E-state index is 13.0. The summed E-state index contributed by atoms with van der Waals surface area (Å²) < 4.78 is 22.7. The molecule has 4 aromatic heterocycles. The van der Waals surface area contributed by atoms with Gasteiger partial charge in [0.2, 0.25) is 11.8 Å². The van der Waals surface area contributed by atoms with Crippen LogP contribution in [0.3, 0.4) is 0 Å². The molecule has 0 fully saturated rings. The van der Waals surface area contributed by atoms with Crippen LogP contribution in [-0.4, -0.2) is 48.5 Å². The summed E-state index contributed by atoms with van der Waals surface area (Å²) in [5.41, 5.74) is 11.8. The van der Waals surface area contributed by atoms with Gasteiger partial charge in [-0.1, -0.05) is 0 Å². The van der Waals surface area contributed by atoms with Gasteiger partial charge in [0, 0.05) is 50.1 Å². The number of furan rings is 4. The first-order chi connectivity index (χ1) is 24.1. The van der Waals surface area contributed by atoms with Crippen molar-refractivity contribution in [3.8, 4) is 0 Å². The first-order valence-corrected chi connectivity index (χ1v) is 15.6. The Hall–Kier alpha value is -6.14. The second-order valence-corrected chi connectivity index (χ2v) is 11.0. The van der Waals surface area contributed by atoms with E-state index in [9.17, 15) is 28.8 Å². The summed E-state index contributed by atoms with van der Waals surface area (Å²) in [7, 11) is 0. The number of hydrogen-bond acceptors (Lipinski definition) is 12. The molecule has 0 aliphatic carbocycles. The van der Waals surface area contributed by atoms with E-state index in [1.165, 1.54) is 36.4 Å². The standard InChI is InChI=1S/C32H36N8O10/c33-7-5-27(41)35-11-17-9-23-31(45)37-13-19-1-3-21(47-19)29(43)39-15-25-18(12-36-28(42)6-8-34)10-24(50-25)32(46)38-14-20-2-4-22(48-20)30(44)40-16-26(17)49-23/h1-4,9-10H,5-8,11-16,33-34H2,(H,35,41)(H,36,42)(H,37,45)(H,38,46)(H,39,43)(H,40,44). The Labute approximate surface area is 284 Å². The van der Waals surface area contributed by atoms with Crippen molar-refractivity contribution in [1.29, 1.82) is 0 Å². The van der Waals surface area contributed by atoms with E-state index >= 15 is 0 Å². The number of amides is 6. The third kappa shape index (κ3) is 9.05. The SMILES string of the molecule is NCCC(=O)NCc1cc2oc1CNC(=O)c1ccc(o1)CNC(=O)c1cc(CNC(=O)CCN)c(o1)CNC(=O)c1ccc(o1)CNC2=O. The number of nitrogens with two attached hydrogens (primary N) is 2. The molecule has 5 rings (SSSR count). The summed E-state index contributed by atoms with van der Waals surface area (Å²) in [4.78, 5) is 75.9. The van der Waals surface area contributed by atoms with E-state index in [0.717, 1.165) is 0 Å². The van der Waals surface area contributed by atoms with E-state index in [4.69, 9.17) is 29.1 Å². The molecule has 0 unspecified atom stereocenters. The molecule has 0 saturated carbocycles. The van der Waals surface area contributed by atoms with Crippen LogP contribution in [0.5, 0.6) is 0 Å². The lowest BCUT2D eigenvalue weighted by Gasteiger charge is -2.06. The van der Waals surface area contributed by atoms with Gasteiger partial charge < -0.3 is 61.0 Å². The summed E-state index contributed by atoms with van der Waals surface area (Å²) in [5, 5.41) is 16.0. The van der Waals surface area contributed by atoms with Gasteiger partial charge in [0.1, 0.15) is 23.0 Å². The highest BCUT2D eigenvalue weighted by Gasteiger charge is 2.22. The van der Waals surface area contributed by atoms with Crippen LogP contribution in [0.1, 0.15) is 89.2 Å². The van der Waals surface area contributed by atoms with Crippen LogP contribution < -0.4 is 43.4 Å². The predicted octanol–water partition coefficient (Wildman–Crippen LogP) is 0.0220. The topological polar surface area (TPSA) is 279 Å². The smallest absolute Gasteiger partial charge is 0.287 e. The first-order valence-electron chi connectivity index (χ1n) is 15.6. The predicted molar refractivity (Wildman–Crippen MR) is 171 cm³/mol. The lowest BCUT2D eigenvalue weighted by atomic mass is 10.2. The van der Waals surface area contributed by atoms with Crippen molar-refractivity contribution in [3.63, 3.8) is 0 Å². The molecule has 0 radical (unpaired) electrons. The normalized spacial score (nSPS) is 14.1. The van der Waals surface area contributed by atoms with Gasteiger partial charge in [0.25, 0.3) is 23.6 Å². The Morgan fingerprint density at radius 1 is 0.560 bits per heavy atom. The lowest BCUT2D eigenvalue weighted by molar-refractivity contribution is -0.121. The molecule has 10 N–H and O–H groups in total. The molecule has 0 saturated heterocycles. The molecule has 1 aliphatic rings. The Balaban J connectivity index is 1.38. The molecule has 4 aromatic rings. The highest BCUT2D eigenvalue weighted by molar-refractivity contribution is 5.94. The third-order valence-corrected chi connectivity index (χ3v) is 7.37. The highest BCUT2D eigenvalue weighted by Crippen LogP contribution is 2.19. The Morgan fingerprint density at radius 3 is 1.34 bits per heavy atom. The van der Waals surface area contributed by atoms with E-state index in [2.05, 4.69) is 31.9 Å². The van der Waals surface area contributed by atoms with Crippen molar-refractivity contribution in [2.24, 2.45) is 11.5 Å². The average molecular weight is 693 g/mol. The minimum atomic E-state index is -0.619. The number of carbonyl (C=O) groups excluding carboxylic acids is 6. The van der Waals surface area contributed by atoms with Crippen molar-refractivity contribution in [2.45, 2.75) is 52.1 Å². The van der Waals surface area contributed by atoms with E-state index < -0.39 is 23.6 Å². The van der Waals surface area contributed by atoms with Crippen LogP contribution in [0.15, 0.2) is 54.1 Å². The second-order valence-electron chi connectivity index (χ2n) is 11.0. The molecule has 0 atom stereocenters. The van der Waals surface area contributed by atoms with Gasteiger partial charge in [-0.05, 0) is 36.4 Å². The number of hydrogen-bond donors (Lipinski definition) is 8. The number of rotatable bonds is 8. The molecule has 264 valence electrons. The zero-order chi connectivity index (χ0) is 35.6. The maximum Gasteiger partial charge on any atom is 0.287 e. The van der Waals surface area contributed by atoms with Crippen molar-refractivity contribution in [3.05, 3.63) is 93.6 Å². The van der Waals surface area contributed by atoms with Gasteiger partial charge in [0.05, 0.1) is 26.2 Å². The quantitative estimate of drug-likeness (QED) is 0.121. The molecule has 5 heterocycles. The number of fused-ring (bicyclic) bond motifs is 8. The van der Waals surface area contributed by atoms with Crippen LogP contribution in [0.4, 0.5) is 0 Å². The fourth-order valence-corrected chi connectivity index (χ4v) is 4.78. The van der Waals surface area contributed by atoms with E-state index in [0.29, 0.717) is 11.1 Å². The van der Waals surface area contributed by atoms with Crippen LogP contribution in [-0.2, 0) is 48.9 Å². The van der Waals surface area contributed by atoms with Gasteiger partial charge >= 0.3 is 0 Å². The van der Waals surface area contributed by atoms with Crippen molar-refractivity contribution in [1.82, 2.24) is 31.9 Å². The van der Waals surface area contributed by atoms with Crippen LogP contribution in [0.25, 0.3) is 0 Å². The van der Waals surface area contributed by atoms with Crippen molar-refractivity contribution in [2.75, 3.05) is 13.1 Å². The molecule has 1 aliphatic heterocycles. The summed E-state index contributed by atoms with van der Waals surface area (Å²) in [6.45, 7) is -0.217. The summed E-state index contributed by atoms with van der Waals surface area (Å²) in [6, 6.07) is 8.73. The summed E-state index contributed by atoms with van der Waals surface area (Å²) in [6.07, 6.45) is 0.195. The molecule has 50 heavy (non-hydrogen) atoms. The monoisotopic (exact) mass is 692 g/mol. The second kappa shape index (κ2) is 16.3. The third-order valence-electron chi connectivity index (χ3n) is 7.37. The molecule has 6 amide bonds. The fraction of sp³-hybridized carbons (Fsp3) is 0.312. The Morgan fingerprint density at radius 2 is 0.940 bits per heavy atom. The van der Waals surface area contributed by atoms with Gasteiger partial charge in [0.15, 0.2) is 23.0 Å². The molecule has 8 bridgehead atoms. The van der Waals surface area contributed by atoms with E-state index in [-0.39, 0.29) is 123 Å².